The van der Waals surface area contributed by atoms with E-state index in [2.05, 4.69) is 53.9 Å². The third kappa shape index (κ3) is 3.68. The highest BCUT2D eigenvalue weighted by Gasteiger charge is 2.38. The van der Waals surface area contributed by atoms with Gasteiger partial charge in [-0.1, -0.05) is 27.7 Å². The topological polar surface area (TPSA) is 24.9 Å². The fourth-order valence-electron chi connectivity index (χ4n) is 3.44. The molecule has 1 aromatic rings. The summed E-state index contributed by atoms with van der Waals surface area (Å²) in [5, 5.41) is 6.66. The Labute approximate surface area is 116 Å². The molecule has 1 aliphatic rings. The van der Waals surface area contributed by atoms with Crippen LogP contribution < -0.4 is 5.32 Å². The van der Waals surface area contributed by atoms with E-state index in [0.29, 0.717) is 16.9 Å². The van der Waals surface area contributed by atoms with E-state index in [-0.39, 0.29) is 0 Å². The smallest absolute Gasteiger partial charge is 0.183 e. The Kier molecular flexibility index (Phi) is 3.56. The Morgan fingerprint density at radius 2 is 1.88 bits per heavy atom. The van der Waals surface area contributed by atoms with Crippen molar-refractivity contribution in [3.63, 3.8) is 0 Å². The average molecular weight is 317 g/mol. The summed E-state index contributed by atoms with van der Waals surface area (Å²) in [7, 11) is 0. The van der Waals surface area contributed by atoms with Crippen LogP contribution in [0.3, 0.4) is 0 Å². The van der Waals surface area contributed by atoms with Crippen molar-refractivity contribution in [2.75, 3.05) is 5.32 Å². The molecule has 0 amide bonds. The zero-order valence-corrected chi connectivity index (χ0v) is 13.4. The van der Waals surface area contributed by atoms with Gasteiger partial charge in [-0.2, -0.15) is 0 Å². The van der Waals surface area contributed by atoms with Crippen LogP contribution in [0, 0.1) is 10.8 Å². The van der Waals surface area contributed by atoms with Gasteiger partial charge in [0.1, 0.15) is 4.60 Å². The maximum Gasteiger partial charge on any atom is 0.183 e. The minimum atomic E-state index is 0.425. The summed E-state index contributed by atoms with van der Waals surface area (Å²) in [5.74, 6) is 0. The van der Waals surface area contributed by atoms with Gasteiger partial charge in [0.25, 0.3) is 0 Å². The largest absolute Gasteiger partial charge is 0.359 e. The highest BCUT2D eigenvalue weighted by molar-refractivity contribution is 9.10. The van der Waals surface area contributed by atoms with E-state index < -0.39 is 0 Å². The molecule has 1 N–H and O–H groups in total. The number of hydrogen-bond donors (Lipinski definition) is 1. The summed E-state index contributed by atoms with van der Waals surface area (Å²) < 4.78 is 0.930. The molecule has 1 heterocycles. The van der Waals surface area contributed by atoms with Crippen molar-refractivity contribution in [3.05, 3.63) is 9.98 Å². The third-order valence-electron chi connectivity index (χ3n) is 3.36. The first kappa shape index (κ1) is 13.3. The second kappa shape index (κ2) is 4.54. The van der Waals surface area contributed by atoms with Crippen LogP contribution in [-0.2, 0) is 0 Å². The lowest BCUT2D eigenvalue weighted by Crippen LogP contribution is -2.40. The molecule has 17 heavy (non-hydrogen) atoms. The molecule has 0 bridgehead atoms. The lowest BCUT2D eigenvalue weighted by molar-refractivity contribution is 0.105. The Morgan fingerprint density at radius 3 is 2.35 bits per heavy atom. The zero-order chi connectivity index (χ0) is 12.7. The number of halogens is 1. The molecule has 2 nitrogen and oxygen atoms in total. The van der Waals surface area contributed by atoms with E-state index in [4.69, 9.17) is 0 Å². The Morgan fingerprint density at radius 1 is 1.29 bits per heavy atom. The molecule has 0 aliphatic heterocycles. The molecular formula is C13H21BrN2S. The Bertz CT molecular complexity index is 382. The number of nitrogens with one attached hydrogen (secondary N) is 1. The van der Waals surface area contributed by atoms with Crippen molar-refractivity contribution < 1.29 is 0 Å². The molecule has 0 radical (unpaired) electrons. The van der Waals surface area contributed by atoms with E-state index in [0.717, 1.165) is 9.73 Å². The van der Waals surface area contributed by atoms with Crippen LogP contribution in [0.1, 0.15) is 47.0 Å². The van der Waals surface area contributed by atoms with Gasteiger partial charge < -0.3 is 5.32 Å². The van der Waals surface area contributed by atoms with Crippen molar-refractivity contribution in [1.29, 1.82) is 0 Å². The normalized spacial score (nSPS) is 23.6. The molecule has 2 rings (SSSR count). The quantitative estimate of drug-likeness (QED) is 0.837. The number of rotatable bonds is 2. The van der Waals surface area contributed by atoms with Gasteiger partial charge >= 0.3 is 0 Å². The standard InChI is InChI=1S/C13H21BrN2S/c1-12(2)5-9(6-13(3,4)8-12)15-11-16-10(14)7-17-11/h7,9H,5-6,8H2,1-4H3,(H,15,16). The van der Waals surface area contributed by atoms with Crippen molar-refractivity contribution in [1.82, 2.24) is 4.98 Å². The first-order valence-corrected chi connectivity index (χ1v) is 7.81. The molecule has 0 unspecified atom stereocenters. The van der Waals surface area contributed by atoms with Crippen LogP contribution in [0.25, 0.3) is 0 Å². The SMILES string of the molecule is CC1(C)CC(Nc2nc(Br)cs2)CC(C)(C)C1. The summed E-state index contributed by atoms with van der Waals surface area (Å²) in [4.78, 5) is 4.42. The molecule has 1 aromatic heterocycles. The van der Waals surface area contributed by atoms with E-state index in [9.17, 15) is 0 Å². The Hall–Kier alpha value is -0.0900. The van der Waals surface area contributed by atoms with Crippen LogP contribution in [0.5, 0.6) is 0 Å². The number of hydrogen-bond acceptors (Lipinski definition) is 3. The molecule has 1 saturated carbocycles. The summed E-state index contributed by atoms with van der Waals surface area (Å²) >= 11 is 5.08. The average Bonchev–Trinajstić information content (AvgIpc) is 2.44. The fraction of sp³-hybridized carbons (Fsp3) is 0.769. The van der Waals surface area contributed by atoms with Crippen molar-refractivity contribution in [3.8, 4) is 0 Å². The van der Waals surface area contributed by atoms with Gasteiger partial charge in [-0.05, 0) is 46.0 Å². The molecule has 1 fully saturated rings. The lowest BCUT2D eigenvalue weighted by atomic mass is 9.63. The van der Waals surface area contributed by atoms with E-state index in [1.807, 2.05) is 5.38 Å². The van der Waals surface area contributed by atoms with Crippen molar-refractivity contribution in [2.45, 2.75) is 53.0 Å². The predicted octanol–water partition coefficient (Wildman–Crippen LogP) is 4.92. The first-order valence-electron chi connectivity index (χ1n) is 6.13. The number of nitrogens with zero attached hydrogens (tertiary/aromatic N) is 1. The predicted molar refractivity (Wildman–Crippen MR) is 78.6 cm³/mol. The molecule has 1 aliphatic carbocycles. The van der Waals surface area contributed by atoms with Crippen LogP contribution in [0.15, 0.2) is 9.98 Å². The maximum absolute atomic E-state index is 4.42. The van der Waals surface area contributed by atoms with Crippen LogP contribution in [0.4, 0.5) is 5.13 Å². The van der Waals surface area contributed by atoms with Crippen LogP contribution >= 0.6 is 27.3 Å². The van der Waals surface area contributed by atoms with Gasteiger partial charge in [0.2, 0.25) is 0 Å². The second-order valence-electron chi connectivity index (χ2n) is 6.73. The van der Waals surface area contributed by atoms with Gasteiger partial charge in [0.05, 0.1) is 0 Å². The molecular weight excluding hydrogens is 296 g/mol. The van der Waals surface area contributed by atoms with E-state index >= 15 is 0 Å². The first-order chi connectivity index (χ1) is 7.76. The zero-order valence-electron chi connectivity index (χ0n) is 11.0. The molecule has 0 saturated heterocycles. The van der Waals surface area contributed by atoms with E-state index in [1.54, 1.807) is 11.3 Å². The molecule has 0 atom stereocenters. The van der Waals surface area contributed by atoms with Crippen LogP contribution in [0.2, 0.25) is 0 Å². The summed E-state index contributed by atoms with van der Waals surface area (Å²) in [5.41, 5.74) is 0.849. The van der Waals surface area contributed by atoms with E-state index in [1.165, 1.54) is 19.3 Å². The van der Waals surface area contributed by atoms with Gasteiger partial charge in [0, 0.05) is 11.4 Å². The van der Waals surface area contributed by atoms with Gasteiger partial charge in [0.15, 0.2) is 5.13 Å². The summed E-state index contributed by atoms with van der Waals surface area (Å²) in [6, 6.07) is 0.548. The molecule has 4 heteroatoms. The monoisotopic (exact) mass is 316 g/mol. The molecule has 96 valence electrons. The van der Waals surface area contributed by atoms with Crippen LogP contribution in [-0.4, -0.2) is 11.0 Å². The Balaban J connectivity index is 2.06. The van der Waals surface area contributed by atoms with Crippen molar-refractivity contribution in [2.24, 2.45) is 10.8 Å². The van der Waals surface area contributed by atoms with Crippen molar-refractivity contribution >= 4 is 32.4 Å². The van der Waals surface area contributed by atoms with Gasteiger partial charge in [-0.3, -0.25) is 0 Å². The number of aromatic nitrogens is 1. The number of thiazole rings is 1. The minimum Gasteiger partial charge on any atom is -0.359 e. The number of anilines is 1. The summed E-state index contributed by atoms with van der Waals surface area (Å²) in [6.07, 6.45) is 3.76. The summed E-state index contributed by atoms with van der Waals surface area (Å²) in [6.45, 7) is 9.50. The lowest BCUT2D eigenvalue weighted by Gasteiger charge is -2.45. The maximum atomic E-state index is 4.42. The fourth-order valence-corrected chi connectivity index (χ4v) is 4.67. The van der Waals surface area contributed by atoms with Gasteiger partial charge in [-0.25, -0.2) is 4.98 Å². The highest BCUT2D eigenvalue weighted by Crippen LogP contribution is 2.46. The molecule has 0 aromatic carbocycles. The molecule has 0 spiro atoms. The second-order valence-corrected chi connectivity index (χ2v) is 8.40. The van der Waals surface area contributed by atoms with Gasteiger partial charge in [-0.15, -0.1) is 11.3 Å². The third-order valence-corrected chi connectivity index (χ3v) is 4.84. The minimum absolute atomic E-state index is 0.425. The highest BCUT2D eigenvalue weighted by atomic mass is 79.9.